The summed E-state index contributed by atoms with van der Waals surface area (Å²) in [5.41, 5.74) is 10.1. The summed E-state index contributed by atoms with van der Waals surface area (Å²) in [5.74, 6) is 7.72. The van der Waals surface area contributed by atoms with Crippen molar-refractivity contribution in [1.82, 2.24) is 21.1 Å². The number of amides is 1. The van der Waals surface area contributed by atoms with Gasteiger partial charge in [-0.2, -0.15) is 0 Å². The summed E-state index contributed by atoms with van der Waals surface area (Å²) in [4.78, 5) is 14.9. The van der Waals surface area contributed by atoms with Crippen molar-refractivity contribution in [3.8, 4) is 23.3 Å². The van der Waals surface area contributed by atoms with Gasteiger partial charge in [0.05, 0.1) is 33.4 Å². The first-order chi connectivity index (χ1) is 15.7. The van der Waals surface area contributed by atoms with Crippen LogP contribution >= 0.6 is 0 Å². The van der Waals surface area contributed by atoms with E-state index in [1.165, 1.54) is 11.1 Å². The summed E-state index contributed by atoms with van der Waals surface area (Å²) in [6.45, 7) is 3.01. The summed E-state index contributed by atoms with van der Waals surface area (Å²) in [5, 5.41) is 2.91. The number of hydrogen-bond donors (Lipinski definition) is 3. The van der Waals surface area contributed by atoms with Crippen molar-refractivity contribution in [2.24, 2.45) is 0 Å². The Bertz CT molecular complexity index is 1010. The number of fused-ring (bicyclic) bond motifs is 1. The van der Waals surface area contributed by atoms with E-state index < -0.39 is 0 Å². The highest BCUT2D eigenvalue weighted by Crippen LogP contribution is 2.33. The van der Waals surface area contributed by atoms with E-state index in [9.17, 15) is 4.79 Å². The van der Waals surface area contributed by atoms with Gasteiger partial charge in [-0.1, -0.05) is 36.1 Å². The van der Waals surface area contributed by atoms with Gasteiger partial charge in [-0.15, -0.1) is 0 Å². The SMILES string of the molecule is COc1ccc(OC)c(C2CC(C(=O)NCC#CCN3CCc4ccccc4C3)NN2)c1. The van der Waals surface area contributed by atoms with Gasteiger partial charge in [-0.3, -0.25) is 9.69 Å². The van der Waals surface area contributed by atoms with Crippen LogP contribution in [0.1, 0.15) is 29.2 Å². The number of hydrazine groups is 1. The molecule has 2 aromatic carbocycles. The van der Waals surface area contributed by atoms with E-state index in [1.807, 2.05) is 18.2 Å². The predicted octanol–water partition coefficient (Wildman–Crippen LogP) is 1.79. The molecule has 1 saturated heterocycles. The van der Waals surface area contributed by atoms with E-state index in [-0.39, 0.29) is 18.0 Å². The van der Waals surface area contributed by atoms with E-state index in [2.05, 4.69) is 57.2 Å². The Labute approximate surface area is 189 Å². The number of rotatable bonds is 6. The molecule has 2 aliphatic heterocycles. The van der Waals surface area contributed by atoms with Crippen LogP contribution in [0.25, 0.3) is 0 Å². The minimum Gasteiger partial charge on any atom is -0.497 e. The average molecular weight is 435 g/mol. The maximum atomic E-state index is 12.6. The first-order valence-electron chi connectivity index (χ1n) is 10.9. The van der Waals surface area contributed by atoms with Crippen molar-refractivity contribution in [1.29, 1.82) is 0 Å². The van der Waals surface area contributed by atoms with Gasteiger partial charge in [0.25, 0.3) is 0 Å². The third-order valence-corrected chi connectivity index (χ3v) is 6.02. The second kappa shape index (κ2) is 10.5. The lowest BCUT2D eigenvalue weighted by atomic mass is 10.00. The van der Waals surface area contributed by atoms with Crippen LogP contribution in [0.3, 0.4) is 0 Å². The monoisotopic (exact) mass is 434 g/mol. The third kappa shape index (κ3) is 5.22. The number of nitrogens with zero attached hydrogens (tertiary/aromatic N) is 1. The average Bonchev–Trinajstić information content (AvgIpc) is 3.33. The van der Waals surface area contributed by atoms with Crippen molar-refractivity contribution < 1.29 is 14.3 Å². The number of benzene rings is 2. The molecular weight excluding hydrogens is 404 g/mol. The lowest BCUT2D eigenvalue weighted by molar-refractivity contribution is -0.122. The predicted molar refractivity (Wildman–Crippen MR) is 123 cm³/mol. The van der Waals surface area contributed by atoms with Gasteiger partial charge in [0, 0.05) is 18.7 Å². The van der Waals surface area contributed by atoms with Gasteiger partial charge in [-0.05, 0) is 42.2 Å². The Morgan fingerprint density at radius 3 is 2.78 bits per heavy atom. The van der Waals surface area contributed by atoms with Crippen molar-refractivity contribution >= 4 is 5.91 Å². The molecule has 0 saturated carbocycles. The molecule has 4 rings (SSSR count). The minimum absolute atomic E-state index is 0.0520. The molecule has 1 fully saturated rings. The molecule has 0 bridgehead atoms. The maximum absolute atomic E-state index is 12.6. The molecule has 0 aliphatic carbocycles. The number of carbonyl (C=O) groups excluding carboxylic acids is 1. The molecule has 0 radical (unpaired) electrons. The fraction of sp³-hybridized carbons (Fsp3) is 0.400. The highest BCUT2D eigenvalue weighted by molar-refractivity contribution is 5.82. The van der Waals surface area contributed by atoms with Crippen LogP contribution < -0.4 is 25.6 Å². The van der Waals surface area contributed by atoms with E-state index in [0.717, 1.165) is 36.6 Å². The number of hydrogen-bond acceptors (Lipinski definition) is 6. The number of nitrogens with one attached hydrogen (secondary N) is 3. The normalized spacial score (nSPS) is 20.1. The van der Waals surface area contributed by atoms with Crippen LogP contribution in [0.2, 0.25) is 0 Å². The zero-order valence-electron chi connectivity index (χ0n) is 18.6. The Balaban J connectivity index is 1.23. The molecule has 3 N–H and O–H groups in total. The Morgan fingerprint density at radius 2 is 1.97 bits per heavy atom. The van der Waals surface area contributed by atoms with Crippen molar-refractivity contribution in [3.63, 3.8) is 0 Å². The van der Waals surface area contributed by atoms with Crippen molar-refractivity contribution in [3.05, 3.63) is 59.2 Å². The molecule has 2 aliphatic rings. The van der Waals surface area contributed by atoms with E-state index in [1.54, 1.807) is 14.2 Å². The standard InChI is InChI=1S/C25H30N4O3/c1-31-20-9-10-24(32-2)21(15-20)22-16-23(28-27-22)25(30)26-12-5-6-13-29-14-11-18-7-3-4-8-19(18)17-29/h3-4,7-10,15,22-23,27-28H,11-14,16-17H2,1-2H3,(H,26,30). The second-order valence-electron chi connectivity index (χ2n) is 8.04. The number of methoxy groups -OCH3 is 2. The summed E-state index contributed by atoms with van der Waals surface area (Å²) in [6, 6.07) is 13.9. The van der Waals surface area contributed by atoms with E-state index in [4.69, 9.17) is 9.47 Å². The largest absolute Gasteiger partial charge is 0.497 e. The van der Waals surface area contributed by atoms with Crippen LogP contribution in [0, 0.1) is 11.8 Å². The molecule has 1 amide bonds. The molecule has 168 valence electrons. The fourth-order valence-electron chi connectivity index (χ4n) is 4.22. The Morgan fingerprint density at radius 1 is 1.12 bits per heavy atom. The number of ether oxygens (including phenoxy) is 2. The van der Waals surface area contributed by atoms with Gasteiger partial charge >= 0.3 is 0 Å². The van der Waals surface area contributed by atoms with Crippen LogP contribution in [0.4, 0.5) is 0 Å². The zero-order valence-corrected chi connectivity index (χ0v) is 18.6. The highest BCUT2D eigenvalue weighted by Gasteiger charge is 2.31. The van der Waals surface area contributed by atoms with E-state index >= 15 is 0 Å². The number of carbonyl (C=O) groups is 1. The van der Waals surface area contributed by atoms with Gasteiger partial charge < -0.3 is 14.8 Å². The fourth-order valence-corrected chi connectivity index (χ4v) is 4.22. The second-order valence-corrected chi connectivity index (χ2v) is 8.04. The first-order valence-corrected chi connectivity index (χ1v) is 10.9. The Hall–Kier alpha value is -3.05. The summed E-state index contributed by atoms with van der Waals surface area (Å²) in [6.07, 6.45) is 1.67. The van der Waals surface area contributed by atoms with E-state index in [0.29, 0.717) is 19.5 Å². The molecule has 7 nitrogen and oxygen atoms in total. The highest BCUT2D eigenvalue weighted by atomic mass is 16.5. The quantitative estimate of drug-likeness (QED) is 0.602. The first kappa shape index (κ1) is 22.2. The lowest BCUT2D eigenvalue weighted by Gasteiger charge is -2.26. The molecule has 7 heteroatoms. The molecule has 2 heterocycles. The van der Waals surface area contributed by atoms with Gasteiger partial charge in [0.2, 0.25) is 5.91 Å². The van der Waals surface area contributed by atoms with Gasteiger partial charge in [0.1, 0.15) is 17.5 Å². The lowest BCUT2D eigenvalue weighted by Crippen LogP contribution is -2.43. The molecule has 0 aromatic heterocycles. The molecule has 2 atom stereocenters. The van der Waals surface area contributed by atoms with Crippen molar-refractivity contribution in [2.45, 2.75) is 31.5 Å². The molecular formula is C25H30N4O3. The van der Waals surface area contributed by atoms with Crippen LogP contribution in [-0.2, 0) is 17.8 Å². The molecule has 2 aromatic rings. The van der Waals surface area contributed by atoms with Crippen LogP contribution in [0.15, 0.2) is 42.5 Å². The van der Waals surface area contributed by atoms with Crippen LogP contribution in [-0.4, -0.2) is 50.7 Å². The Kier molecular flexibility index (Phi) is 7.28. The zero-order chi connectivity index (χ0) is 22.3. The topological polar surface area (TPSA) is 74.9 Å². The molecule has 2 unspecified atom stereocenters. The molecule has 32 heavy (non-hydrogen) atoms. The molecule has 0 spiro atoms. The van der Waals surface area contributed by atoms with Crippen molar-refractivity contribution in [2.75, 3.05) is 33.9 Å². The smallest absolute Gasteiger partial charge is 0.239 e. The minimum atomic E-state index is -0.337. The summed E-state index contributed by atoms with van der Waals surface area (Å²) in [7, 11) is 3.27. The summed E-state index contributed by atoms with van der Waals surface area (Å²) < 4.78 is 10.8. The summed E-state index contributed by atoms with van der Waals surface area (Å²) >= 11 is 0. The maximum Gasteiger partial charge on any atom is 0.239 e. The van der Waals surface area contributed by atoms with Gasteiger partial charge in [-0.25, -0.2) is 10.9 Å². The van der Waals surface area contributed by atoms with Gasteiger partial charge in [0.15, 0.2) is 0 Å². The van der Waals surface area contributed by atoms with Crippen LogP contribution in [0.5, 0.6) is 11.5 Å². The third-order valence-electron chi connectivity index (χ3n) is 6.02.